The van der Waals surface area contributed by atoms with Crippen LogP contribution in [0.3, 0.4) is 0 Å². The molecule has 0 aliphatic carbocycles. The van der Waals surface area contributed by atoms with E-state index < -0.39 is 7.12 Å². The van der Waals surface area contributed by atoms with Crippen LogP contribution in [0.2, 0.25) is 0 Å². The molecule has 1 fully saturated rings. The lowest BCUT2D eigenvalue weighted by molar-refractivity contribution is 0.154. The van der Waals surface area contributed by atoms with Gasteiger partial charge >= 0.3 is 7.12 Å². The molecule has 2 N–H and O–H groups in total. The molecule has 2 aliphatic rings. The number of hydrogen-bond acceptors (Lipinski definition) is 4. The smallest absolute Gasteiger partial charge is 0.423 e. The van der Waals surface area contributed by atoms with Gasteiger partial charge in [-0.25, -0.2) is 0 Å². The van der Waals surface area contributed by atoms with E-state index in [0.717, 1.165) is 42.5 Å². The summed E-state index contributed by atoms with van der Waals surface area (Å²) in [5, 5.41) is 19.2. The van der Waals surface area contributed by atoms with Gasteiger partial charge in [-0.15, -0.1) is 0 Å². The molecule has 96 valence electrons. The van der Waals surface area contributed by atoms with E-state index in [4.69, 9.17) is 4.65 Å². The molecule has 5 heteroatoms. The lowest BCUT2D eigenvalue weighted by Crippen LogP contribution is -2.37. The molecule has 1 aromatic carbocycles. The Labute approximate surface area is 107 Å². The van der Waals surface area contributed by atoms with Gasteiger partial charge in [0.25, 0.3) is 0 Å². The van der Waals surface area contributed by atoms with Crippen LogP contribution in [0.5, 0.6) is 0 Å². The van der Waals surface area contributed by atoms with Crippen molar-refractivity contribution < 1.29 is 14.8 Å². The van der Waals surface area contributed by atoms with Crippen molar-refractivity contribution in [1.29, 1.82) is 0 Å². The Hall–Kier alpha value is -0.875. The number of aliphatic hydroxyl groups is 1. The highest BCUT2D eigenvalue weighted by atomic mass is 16.5. The van der Waals surface area contributed by atoms with Gasteiger partial charge in [0, 0.05) is 12.6 Å². The molecule has 3 rings (SSSR count). The van der Waals surface area contributed by atoms with Crippen molar-refractivity contribution in [2.24, 2.45) is 0 Å². The summed E-state index contributed by atoms with van der Waals surface area (Å²) in [6.45, 7) is 2.52. The van der Waals surface area contributed by atoms with E-state index in [1.807, 2.05) is 18.2 Å². The minimum absolute atomic E-state index is 0.216. The number of rotatable bonds is 3. The Morgan fingerprint density at radius 2 is 2.33 bits per heavy atom. The first-order valence-corrected chi connectivity index (χ1v) is 6.55. The summed E-state index contributed by atoms with van der Waals surface area (Å²) in [6.07, 6.45) is 2.20. The number of hydrogen-bond donors (Lipinski definition) is 2. The zero-order valence-corrected chi connectivity index (χ0v) is 10.4. The van der Waals surface area contributed by atoms with Crippen LogP contribution in [0.25, 0.3) is 0 Å². The van der Waals surface area contributed by atoms with Crippen LogP contribution in [-0.4, -0.2) is 41.3 Å². The Kier molecular flexibility index (Phi) is 3.39. The molecule has 0 saturated carbocycles. The number of benzene rings is 1. The number of nitrogens with zero attached hydrogens (tertiary/aromatic N) is 1. The molecule has 0 amide bonds. The SMILES string of the molecule is OCC1CCCN1Cc1cccc2c1B(O)OC2. The average Bonchev–Trinajstić information content (AvgIpc) is 2.97. The largest absolute Gasteiger partial charge is 0.492 e. The molecule has 1 atom stereocenters. The molecule has 1 saturated heterocycles. The van der Waals surface area contributed by atoms with Crippen LogP contribution in [0.15, 0.2) is 18.2 Å². The first kappa shape index (κ1) is 12.2. The average molecular weight is 247 g/mol. The third kappa shape index (κ3) is 2.08. The molecule has 2 heterocycles. The molecule has 1 aromatic rings. The third-order valence-corrected chi connectivity index (χ3v) is 4.01. The molecule has 1 unspecified atom stereocenters. The minimum Gasteiger partial charge on any atom is -0.423 e. The Bertz CT molecular complexity index is 440. The van der Waals surface area contributed by atoms with E-state index in [9.17, 15) is 10.1 Å². The zero-order chi connectivity index (χ0) is 12.5. The van der Waals surface area contributed by atoms with Crippen LogP contribution in [0.4, 0.5) is 0 Å². The van der Waals surface area contributed by atoms with Crippen molar-refractivity contribution in [3.63, 3.8) is 0 Å². The molecular weight excluding hydrogens is 229 g/mol. The maximum Gasteiger partial charge on any atom is 0.492 e. The number of aliphatic hydroxyl groups excluding tert-OH is 1. The number of likely N-dealkylation sites (tertiary alicyclic amines) is 1. The molecule has 0 aromatic heterocycles. The van der Waals surface area contributed by atoms with Crippen LogP contribution < -0.4 is 5.46 Å². The molecule has 4 nitrogen and oxygen atoms in total. The summed E-state index contributed by atoms with van der Waals surface area (Å²) < 4.78 is 5.27. The quantitative estimate of drug-likeness (QED) is 0.730. The van der Waals surface area contributed by atoms with Gasteiger partial charge in [0.1, 0.15) is 0 Å². The van der Waals surface area contributed by atoms with E-state index in [1.54, 1.807) is 0 Å². The third-order valence-electron chi connectivity index (χ3n) is 4.01. The van der Waals surface area contributed by atoms with Gasteiger partial charge in [0.05, 0.1) is 13.2 Å². The van der Waals surface area contributed by atoms with E-state index in [2.05, 4.69) is 4.90 Å². The standard InChI is InChI=1S/C13H18BNO3/c16-8-12-5-2-6-15(12)7-10-3-1-4-11-9-18-14(17)13(10)11/h1,3-4,12,16-17H,2,5-9H2. The van der Waals surface area contributed by atoms with Gasteiger partial charge in [-0.2, -0.15) is 0 Å². The normalized spacial score (nSPS) is 23.7. The predicted octanol–water partition coefficient (Wildman–Crippen LogP) is -0.139. The lowest BCUT2D eigenvalue weighted by atomic mass is 9.76. The van der Waals surface area contributed by atoms with Crippen molar-refractivity contribution >= 4 is 12.6 Å². The van der Waals surface area contributed by atoms with Crippen LogP contribution in [0, 0.1) is 0 Å². The van der Waals surface area contributed by atoms with Gasteiger partial charge in [0.2, 0.25) is 0 Å². The lowest BCUT2D eigenvalue weighted by Gasteiger charge is -2.23. The zero-order valence-electron chi connectivity index (χ0n) is 10.4. The maximum atomic E-state index is 9.87. The van der Waals surface area contributed by atoms with Crippen molar-refractivity contribution in [3.05, 3.63) is 29.3 Å². The van der Waals surface area contributed by atoms with Gasteiger partial charge in [-0.05, 0) is 36.0 Å². The fourth-order valence-corrected chi connectivity index (χ4v) is 3.03. The van der Waals surface area contributed by atoms with Crippen LogP contribution in [0.1, 0.15) is 24.0 Å². The Morgan fingerprint density at radius 3 is 3.17 bits per heavy atom. The Balaban J connectivity index is 1.83. The summed E-state index contributed by atoms with van der Waals surface area (Å²) in [5.74, 6) is 0. The molecule has 18 heavy (non-hydrogen) atoms. The Morgan fingerprint density at radius 1 is 1.44 bits per heavy atom. The summed E-state index contributed by atoms with van der Waals surface area (Å²) in [7, 11) is -0.786. The summed E-state index contributed by atoms with van der Waals surface area (Å²) in [4.78, 5) is 2.29. The van der Waals surface area contributed by atoms with E-state index in [1.165, 1.54) is 0 Å². The van der Waals surface area contributed by atoms with Crippen LogP contribution >= 0.6 is 0 Å². The molecule has 0 spiro atoms. The van der Waals surface area contributed by atoms with E-state index in [-0.39, 0.29) is 12.6 Å². The molecule has 0 bridgehead atoms. The monoisotopic (exact) mass is 247 g/mol. The second kappa shape index (κ2) is 5.01. The van der Waals surface area contributed by atoms with Crippen molar-refractivity contribution in [3.8, 4) is 0 Å². The highest BCUT2D eigenvalue weighted by molar-refractivity contribution is 6.62. The van der Waals surface area contributed by atoms with Crippen molar-refractivity contribution in [2.75, 3.05) is 13.2 Å². The number of fused-ring (bicyclic) bond motifs is 1. The minimum atomic E-state index is -0.786. The first-order valence-electron chi connectivity index (χ1n) is 6.55. The topological polar surface area (TPSA) is 52.9 Å². The fraction of sp³-hybridized carbons (Fsp3) is 0.538. The second-order valence-electron chi connectivity index (χ2n) is 5.10. The second-order valence-corrected chi connectivity index (χ2v) is 5.10. The van der Waals surface area contributed by atoms with Gasteiger partial charge in [0.15, 0.2) is 0 Å². The van der Waals surface area contributed by atoms with Gasteiger partial charge < -0.3 is 14.8 Å². The predicted molar refractivity (Wildman–Crippen MR) is 69.4 cm³/mol. The van der Waals surface area contributed by atoms with Crippen molar-refractivity contribution in [2.45, 2.75) is 32.0 Å². The first-order chi connectivity index (χ1) is 8.79. The van der Waals surface area contributed by atoms with Crippen molar-refractivity contribution in [1.82, 2.24) is 4.90 Å². The van der Waals surface area contributed by atoms with E-state index >= 15 is 0 Å². The molecule has 0 radical (unpaired) electrons. The molecule has 2 aliphatic heterocycles. The van der Waals surface area contributed by atoms with Gasteiger partial charge in [-0.3, -0.25) is 4.90 Å². The highest BCUT2D eigenvalue weighted by Crippen LogP contribution is 2.21. The summed E-state index contributed by atoms with van der Waals surface area (Å²) in [6, 6.07) is 6.33. The fourth-order valence-electron chi connectivity index (χ4n) is 3.03. The summed E-state index contributed by atoms with van der Waals surface area (Å²) >= 11 is 0. The summed E-state index contributed by atoms with van der Waals surface area (Å²) in [5.41, 5.74) is 3.14. The molecular formula is C13H18BNO3. The highest BCUT2D eigenvalue weighted by Gasteiger charge is 2.31. The van der Waals surface area contributed by atoms with E-state index in [0.29, 0.717) is 6.61 Å². The van der Waals surface area contributed by atoms with Crippen LogP contribution in [-0.2, 0) is 17.8 Å². The van der Waals surface area contributed by atoms with Gasteiger partial charge in [-0.1, -0.05) is 18.2 Å². The maximum absolute atomic E-state index is 9.87.